The number of thioether (sulfide) groups is 1. The molecule has 10 heteroatoms. The molecule has 3 heterocycles. The van der Waals surface area contributed by atoms with Gasteiger partial charge < -0.3 is 33.5 Å². The number of nitrogens with zero attached hydrogens (tertiary/aromatic N) is 2. The molecule has 1 aliphatic carbocycles. The lowest BCUT2D eigenvalue weighted by molar-refractivity contribution is -0.121. The number of likely N-dealkylation sites (N-methyl/N-ethyl adjacent to an activating group) is 1. The average molecular weight is 513 g/mol. The van der Waals surface area contributed by atoms with E-state index in [4.69, 9.17) is 23.7 Å². The molecule has 4 fully saturated rings. The summed E-state index contributed by atoms with van der Waals surface area (Å²) in [6, 6.07) is 0. The highest BCUT2D eigenvalue weighted by Crippen LogP contribution is 2.59. The number of methoxy groups -OCH3 is 1. The molecule has 9 nitrogen and oxygen atoms in total. The van der Waals surface area contributed by atoms with Gasteiger partial charge in [0.25, 0.3) is 0 Å². The van der Waals surface area contributed by atoms with Gasteiger partial charge in [-0.3, -0.25) is 0 Å². The van der Waals surface area contributed by atoms with Gasteiger partial charge in [-0.1, -0.05) is 11.6 Å². The van der Waals surface area contributed by atoms with E-state index < -0.39 is 12.2 Å². The molecule has 6 atom stereocenters. The maximum atomic E-state index is 12.9. The topological polar surface area (TPSA) is 93.4 Å². The van der Waals surface area contributed by atoms with Gasteiger partial charge in [-0.05, 0) is 40.0 Å². The first kappa shape index (κ1) is 26.6. The number of epoxide rings is 2. The van der Waals surface area contributed by atoms with Gasteiger partial charge in [0.2, 0.25) is 0 Å². The molecule has 6 unspecified atom stereocenters. The maximum absolute atomic E-state index is 12.9. The zero-order valence-electron chi connectivity index (χ0n) is 21.6. The SMILES string of the molecule is COC1C(OC(=O)N(C)CCOC(=O)N2CCSCC2)CCC2(CO2)C1C1(C)OC1CC=C(C)C. The van der Waals surface area contributed by atoms with Crippen LogP contribution in [0.5, 0.6) is 0 Å². The Labute approximate surface area is 212 Å². The van der Waals surface area contributed by atoms with E-state index in [9.17, 15) is 9.59 Å². The van der Waals surface area contributed by atoms with Gasteiger partial charge in [0.05, 0.1) is 25.2 Å². The van der Waals surface area contributed by atoms with Crippen molar-refractivity contribution in [3.63, 3.8) is 0 Å². The monoisotopic (exact) mass is 512 g/mol. The Morgan fingerprint density at radius 2 is 1.97 bits per heavy atom. The van der Waals surface area contributed by atoms with Gasteiger partial charge in [-0.25, -0.2) is 9.59 Å². The molecule has 0 radical (unpaired) electrons. The lowest BCUT2D eigenvalue weighted by Gasteiger charge is -2.43. The minimum Gasteiger partial charge on any atom is -0.448 e. The highest BCUT2D eigenvalue weighted by molar-refractivity contribution is 7.99. The van der Waals surface area contributed by atoms with Crippen molar-refractivity contribution >= 4 is 23.9 Å². The van der Waals surface area contributed by atoms with Crippen LogP contribution in [0.4, 0.5) is 9.59 Å². The summed E-state index contributed by atoms with van der Waals surface area (Å²) in [6.45, 7) is 8.78. The summed E-state index contributed by atoms with van der Waals surface area (Å²) >= 11 is 1.83. The fourth-order valence-electron chi connectivity index (χ4n) is 5.49. The third kappa shape index (κ3) is 5.92. The summed E-state index contributed by atoms with van der Waals surface area (Å²) in [7, 11) is 3.32. The molecule has 3 saturated heterocycles. The Morgan fingerprint density at radius 3 is 2.60 bits per heavy atom. The molecule has 1 spiro atoms. The Kier molecular flexibility index (Phi) is 8.25. The summed E-state index contributed by atoms with van der Waals surface area (Å²) < 4.78 is 29.4. The lowest BCUT2D eigenvalue weighted by Crippen LogP contribution is -2.56. The zero-order chi connectivity index (χ0) is 25.2. The number of ether oxygens (including phenoxy) is 5. The minimum absolute atomic E-state index is 0.0175. The van der Waals surface area contributed by atoms with Crippen molar-refractivity contribution in [2.75, 3.05) is 58.5 Å². The summed E-state index contributed by atoms with van der Waals surface area (Å²) in [4.78, 5) is 28.2. The number of hydrogen-bond donors (Lipinski definition) is 0. The molecule has 0 N–H and O–H groups in total. The summed E-state index contributed by atoms with van der Waals surface area (Å²) in [5.41, 5.74) is 0.634. The number of allylic oxidation sites excluding steroid dienone is 1. The largest absolute Gasteiger partial charge is 0.448 e. The van der Waals surface area contributed by atoms with Gasteiger partial charge in [0.1, 0.15) is 30.0 Å². The van der Waals surface area contributed by atoms with Gasteiger partial charge in [-0.2, -0.15) is 11.8 Å². The summed E-state index contributed by atoms with van der Waals surface area (Å²) in [5, 5.41) is 0. The van der Waals surface area contributed by atoms with Crippen molar-refractivity contribution < 1.29 is 33.3 Å². The van der Waals surface area contributed by atoms with Crippen LogP contribution in [0.2, 0.25) is 0 Å². The average Bonchev–Trinajstić information content (AvgIpc) is 3.76. The molecule has 0 aromatic carbocycles. The molecule has 4 rings (SSSR count). The number of carbonyl (C=O) groups excluding carboxylic acids is 2. The molecular formula is C25H40N2O7S. The predicted octanol–water partition coefficient (Wildman–Crippen LogP) is 3.32. The van der Waals surface area contributed by atoms with Gasteiger partial charge in [-0.15, -0.1) is 0 Å². The molecule has 35 heavy (non-hydrogen) atoms. The summed E-state index contributed by atoms with van der Waals surface area (Å²) in [5.74, 6) is 1.84. The number of hydrogen-bond acceptors (Lipinski definition) is 8. The van der Waals surface area contributed by atoms with E-state index in [0.29, 0.717) is 26.1 Å². The van der Waals surface area contributed by atoms with E-state index in [1.807, 2.05) is 11.8 Å². The van der Waals surface area contributed by atoms with E-state index in [1.165, 1.54) is 10.5 Å². The van der Waals surface area contributed by atoms with Crippen LogP contribution < -0.4 is 0 Å². The summed E-state index contributed by atoms with van der Waals surface area (Å²) in [6.07, 6.45) is 3.15. The van der Waals surface area contributed by atoms with Gasteiger partial charge in [0, 0.05) is 38.8 Å². The highest BCUT2D eigenvalue weighted by Gasteiger charge is 2.72. The molecule has 0 aromatic rings. The second-order valence-electron chi connectivity index (χ2n) is 10.4. The minimum atomic E-state index is -0.447. The predicted molar refractivity (Wildman–Crippen MR) is 133 cm³/mol. The smallest absolute Gasteiger partial charge is 0.409 e. The van der Waals surface area contributed by atoms with Crippen LogP contribution in [0.15, 0.2) is 11.6 Å². The fraction of sp³-hybridized carbons (Fsp3) is 0.840. The maximum Gasteiger partial charge on any atom is 0.409 e. The Bertz CT molecular complexity index is 810. The lowest BCUT2D eigenvalue weighted by atomic mass is 9.68. The Balaban J connectivity index is 1.30. The van der Waals surface area contributed by atoms with Crippen molar-refractivity contribution in [2.24, 2.45) is 5.92 Å². The van der Waals surface area contributed by atoms with Gasteiger partial charge >= 0.3 is 12.2 Å². The van der Waals surface area contributed by atoms with E-state index in [1.54, 1.807) is 19.1 Å². The van der Waals surface area contributed by atoms with Crippen molar-refractivity contribution in [1.82, 2.24) is 9.80 Å². The Hall–Kier alpha value is -1.49. The molecule has 1 saturated carbocycles. The van der Waals surface area contributed by atoms with Gasteiger partial charge in [0.15, 0.2) is 0 Å². The molecular weight excluding hydrogens is 472 g/mol. The van der Waals surface area contributed by atoms with Crippen LogP contribution in [0.1, 0.15) is 40.0 Å². The molecule has 198 valence electrons. The van der Waals surface area contributed by atoms with Crippen LogP contribution in [0.25, 0.3) is 0 Å². The van der Waals surface area contributed by atoms with E-state index in [-0.39, 0.29) is 48.6 Å². The van der Waals surface area contributed by atoms with Crippen LogP contribution in [-0.2, 0) is 23.7 Å². The second-order valence-corrected chi connectivity index (χ2v) is 11.7. The van der Waals surface area contributed by atoms with Crippen LogP contribution in [0, 0.1) is 5.92 Å². The van der Waals surface area contributed by atoms with Crippen LogP contribution >= 0.6 is 11.8 Å². The van der Waals surface area contributed by atoms with Crippen molar-refractivity contribution in [3.8, 4) is 0 Å². The molecule has 3 aliphatic heterocycles. The Morgan fingerprint density at radius 1 is 1.26 bits per heavy atom. The quantitative estimate of drug-likeness (QED) is 0.361. The first-order valence-electron chi connectivity index (χ1n) is 12.6. The first-order valence-corrected chi connectivity index (χ1v) is 13.7. The van der Waals surface area contributed by atoms with Crippen LogP contribution in [0.3, 0.4) is 0 Å². The molecule has 0 aromatic heterocycles. The van der Waals surface area contributed by atoms with Crippen molar-refractivity contribution in [1.29, 1.82) is 0 Å². The van der Waals surface area contributed by atoms with Crippen molar-refractivity contribution in [3.05, 3.63) is 11.6 Å². The standard InChI is InChI=1S/C25H40N2O7S/c1-17(2)6-7-19-24(3,34-19)21-20(30-5)18(8-9-25(21)16-32-25)33-22(28)26(4)10-13-31-23(29)27-11-14-35-15-12-27/h6,18-21H,7-16H2,1-5H3. The number of rotatable bonds is 8. The third-order valence-corrected chi connectivity index (χ3v) is 8.66. The number of amides is 2. The van der Waals surface area contributed by atoms with Crippen LogP contribution in [-0.4, -0.2) is 110 Å². The molecule has 0 bridgehead atoms. The normalized spacial score (nSPS) is 35.9. The third-order valence-electron chi connectivity index (χ3n) is 7.72. The first-order chi connectivity index (χ1) is 16.7. The number of carbonyl (C=O) groups is 2. The molecule has 2 amide bonds. The second kappa shape index (κ2) is 10.9. The molecule has 4 aliphatic rings. The van der Waals surface area contributed by atoms with E-state index in [2.05, 4.69) is 26.8 Å². The van der Waals surface area contributed by atoms with E-state index >= 15 is 0 Å². The fourth-order valence-corrected chi connectivity index (χ4v) is 6.39. The highest BCUT2D eigenvalue weighted by atomic mass is 32.2. The van der Waals surface area contributed by atoms with E-state index in [0.717, 1.165) is 24.3 Å². The zero-order valence-corrected chi connectivity index (χ0v) is 22.4. The van der Waals surface area contributed by atoms with Crippen molar-refractivity contribution in [2.45, 2.75) is 69.5 Å².